The summed E-state index contributed by atoms with van der Waals surface area (Å²) in [6.07, 6.45) is 7.92. The lowest BCUT2D eigenvalue weighted by molar-refractivity contribution is -0.122. The highest BCUT2D eigenvalue weighted by Gasteiger charge is 2.44. The second-order valence-electron chi connectivity index (χ2n) is 10.3. The fourth-order valence-corrected chi connectivity index (χ4v) is 6.13. The third kappa shape index (κ3) is 4.78. The standard InChI is InChI=1S/C27H33N7O4/c1-37-22-8-7-18-15-23(22)38-13-3-2-10-32(26(36)25-30-27-28-9-5-12-34(27)31-25)17-24(35)29-16-19-14-21(18)33-11-4-6-20(19)33/h5,7-9,12,15,19-21H,2-4,6,10-11,13-14,16-17H2,1H3,(H,29,35)/t19-,20+,21-/m1/s1. The van der Waals surface area contributed by atoms with Crippen molar-refractivity contribution in [2.24, 2.45) is 5.92 Å². The van der Waals surface area contributed by atoms with Crippen molar-refractivity contribution in [3.05, 3.63) is 48.0 Å². The average molecular weight is 520 g/mol. The van der Waals surface area contributed by atoms with Crippen LogP contribution in [0.4, 0.5) is 0 Å². The molecule has 3 aliphatic heterocycles. The van der Waals surface area contributed by atoms with Crippen LogP contribution in [0.25, 0.3) is 5.78 Å². The Labute approximate surface area is 221 Å². The molecule has 1 N–H and O–H groups in total. The van der Waals surface area contributed by atoms with Crippen molar-refractivity contribution < 1.29 is 19.1 Å². The number of methoxy groups -OCH3 is 1. The molecule has 2 saturated heterocycles. The molecular weight excluding hydrogens is 486 g/mol. The first-order valence-electron chi connectivity index (χ1n) is 13.4. The van der Waals surface area contributed by atoms with Gasteiger partial charge in [0.2, 0.25) is 11.7 Å². The van der Waals surface area contributed by atoms with E-state index in [4.69, 9.17) is 9.47 Å². The maximum absolute atomic E-state index is 13.4. The molecule has 2 fully saturated rings. The highest BCUT2D eigenvalue weighted by molar-refractivity contribution is 5.93. The zero-order valence-corrected chi connectivity index (χ0v) is 21.6. The number of hydrogen-bond donors (Lipinski definition) is 1. The van der Waals surface area contributed by atoms with Crippen LogP contribution in [-0.4, -0.2) is 87.1 Å². The van der Waals surface area contributed by atoms with Crippen molar-refractivity contribution in [2.45, 2.75) is 44.2 Å². The fraction of sp³-hybridized carbons (Fsp3) is 0.519. The molecular formula is C27H33N7O4. The SMILES string of the molecule is COc1ccc2cc1OCCCCN(C(=O)c1nc3ncccn3n1)CC(=O)NC[C@H]1C[C@H]2N2CCC[C@@H]12. The van der Waals surface area contributed by atoms with Crippen LogP contribution in [0.1, 0.15) is 54.3 Å². The molecule has 3 atom stereocenters. The third-order valence-electron chi connectivity index (χ3n) is 7.96. The monoisotopic (exact) mass is 519 g/mol. The van der Waals surface area contributed by atoms with E-state index < -0.39 is 0 Å². The van der Waals surface area contributed by atoms with Crippen molar-refractivity contribution >= 4 is 17.6 Å². The first-order chi connectivity index (χ1) is 18.6. The van der Waals surface area contributed by atoms with Gasteiger partial charge in [0.25, 0.3) is 11.7 Å². The number of aromatic nitrogens is 4. The Hall–Kier alpha value is -3.73. The molecule has 3 aliphatic rings. The number of rotatable bonds is 2. The smallest absolute Gasteiger partial charge is 0.294 e. The van der Waals surface area contributed by atoms with E-state index in [2.05, 4.69) is 37.4 Å². The van der Waals surface area contributed by atoms with Crippen LogP contribution in [0.5, 0.6) is 11.5 Å². The average Bonchev–Trinajstić information content (AvgIpc) is 3.66. The van der Waals surface area contributed by atoms with Crippen LogP contribution in [0.3, 0.4) is 0 Å². The molecule has 0 unspecified atom stereocenters. The number of nitrogens with zero attached hydrogens (tertiary/aromatic N) is 6. The molecule has 11 nitrogen and oxygen atoms in total. The van der Waals surface area contributed by atoms with E-state index in [-0.39, 0.29) is 24.2 Å². The van der Waals surface area contributed by atoms with Crippen LogP contribution in [-0.2, 0) is 4.79 Å². The first-order valence-corrected chi connectivity index (χ1v) is 13.4. The summed E-state index contributed by atoms with van der Waals surface area (Å²) in [4.78, 5) is 38.9. The Morgan fingerprint density at radius 3 is 3.00 bits per heavy atom. The van der Waals surface area contributed by atoms with Gasteiger partial charge >= 0.3 is 0 Å². The van der Waals surface area contributed by atoms with Crippen molar-refractivity contribution in [2.75, 3.05) is 39.9 Å². The minimum Gasteiger partial charge on any atom is -0.493 e. The van der Waals surface area contributed by atoms with Gasteiger partial charge in [-0.15, -0.1) is 5.10 Å². The van der Waals surface area contributed by atoms with E-state index in [0.29, 0.717) is 56.3 Å². The molecule has 200 valence electrons. The van der Waals surface area contributed by atoms with Gasteiger partial charge in [-0.05, 0) is 68.3 Å². The highest BCUT2D eigenvalue weighted by atomic mass is 16.5. The minimum absolute atomic E-state index is 0.0314. The Balaban J connectivity index is 1.24. The quantitative estimate of drug-likeness (QED) is 0.548. The minimum atomic E-state index is -0.384. The van der Waals surface area contributed by atoms with Crippen LogP contribution >= 0.6 is 0 Å². The van der Waals surface area contributed by atoms with Gasteiger partial charge in [-0.25, -0.2) is 9.50 Å². The topological polar surface area (TPSA) is 114 Å². The predicted molar refractivity (Wildman–Crippen MR) is 138 cm³/mol. The summed E-state index contributed by atoms with van der Waals surface area (Å²) < 4.78 is 13.2. The van der Waals surface area contributed by atoms with E-state index in [1.165, 1.54) is 15.0 Å². The summed E-state index contributed by atoms with van der Waals surface area (Å²) in [7, 11) is 1.66. The molecule has 3 aromatic rings. The molecule has 0 aliphatic carbocycles. The lowest BCUT2D eigenvalue weighted by Crippen LogP contribution is -2.43. The number of benzene rings is 1. The van der Waals surface area contributed by atoms with E-state index in [9.17, 15) is 9.59 Å². The maximum Gasteiger partial charge on any atom is 0.294 e. The summed E-state index contributed by atoms with van der Waals surface area (Å²) in [6.45, 7) is 2.47. The second-order valence-corrected chi connectivity index (χ2v) is 10.3. The van der Waals surface area contributed by atoms with Crippen molar-refractivity contribution in [1.29, 1.82) is 0 Å². The summed E-state index contributed by atoms with van der Waals surface area (Å²) in [5.41, 5.74) is 1.24. The van der Waals surface area contributed by atoms with Gasteiger partial charge in [-0.3, -0.25) is 14.5 Å². The fourth-order valence-electron chi connectivity index (χ4n) is 6.13. The van der Waals surface area contributed by atoms with Crippen molar-refractivity contribution in [3.63, 3.8) is 0 Å². The first kappa shape index (κ1) is 24.6. The van der Waals surface area contributed by atoms with E-state index in [0.717, 1.165) is 37.3 Å². The number of carbonyl (C=O) groups excluding carboxylic acids is 2. The third-order valence-corrected chi connectivity index (χ3v) is 7.96. The number of fused-ring (bicyclic) bond motifs is 9. The zero-order valence-electron chi connectivity index (χ0n) is 21.6. The summed E-state index contributed by atoms with van der Waals surface area (Å²) in [5, 5.41) is 7.40. The number of nitrogens with one attached hydrogen (secondary N) is 1. The summed E-state index contributed by atoms with van der Waals surface area (Å²) >= 11 is 0. The largest absolute Gasteiger partial charge is 0.493 e. The highest BCUT2D eigenvalue weighted by Crippen LogP contribution is 2.46. The van der Waals surface area contributed by atoms with Gasteiger partial charge in [-0.1, -0.05) is 6.07 Å². The van der Waals surface area contributed by atoms with E-state index in [1.54, 1.807) is 25.6 Å². The number of amides is 2. The number of carbonyl (C=O) groups is 2. The van der Waals surface area contributed by atoms with E-state index >= 15 is 0 Å². The molecule has 2 aromatic heterocycles. The Morgan fingerprint density at radius 2 is 2.13 bits per heavy atom. The summed E-state index contributed by atoms with van der Waals surface area (Å²) in [6, 6.07) is 8.70. The summed E-state index contributed by atoms with van der Waals surface area (Å²) in [5.74, 6) is 1.64. The molecule has 4 bridgehead atoms. The number of hydrogen-bond acceptors (Lipinski definition) is 8. The van der Waals surface area contributed by atoms with Crippen LogP contribution < -0.4 is 14.8 Å². The van der Waals surface area contributed by atoms with Crippen molar-refractivity contribution in [1.82, 2.24) is 34.7 Å². The van der Waals surface area contributed by atoms with Gasteiger partial charge in [0.1, 0.15) is 0 Å². The molecule has 0 saturated carbocycles. The van der Waals surface area contributed by atoms with Crippen LogP contribution in [0, 0.1) is 5.92 Å². The molecule has 2 amide bonds. The van der Waals surface area contributed by atoms with Gasteiger partial charge in [0.15, 0.2) is 11.5 Å². The van der Waals surface area contributed by atoms with Crippen molar-refractivity contribution in [3.8, 4) is 11.5 Å². The van der Waals surface area contributed by atoms with Crippen LogP contribution in [0.15, 0.2) is 36.7 Å². The van der Waals surface area contributed by atoms with Gasteiger partial charge in [0.05, 0.1) is 20.3 Å². The molecule has 38 heavy (non-hydrogen) atoms. The maximum atomic E-state index is 13.4. The van der Waals surface area contributed by atoms with Crippen LogP contribution in [0.2, 0.25) is 0 Å². The molecule has 1 aromatic carbocycles. The molecule has 6 rings (SSSR count). The van der Waals surface area contributed by atoms with Gasteiger partial charge in [0, 0.05) is 37.6 Å². The Bertz CT molecular complexity index is 1290. The normalized spacial score (nSPS) is 24.6. The Morgan fingerprint density at radius 1 is 1.21 bits per heavy atom. The number of ether oxygens (including phenoxy) is 2. The molecule has 0 spiro atoms. The lowest BCUT2D eigenvalue weighted by atomic mass is 9.94. The Kier molecular flexibility index (Phi) is 6.84. The van der Waals surface area contributed by atoms with Gasteiger partial charge in [-0.2, -0.15) is 4.98 Å². The zero-order chi connectivity index (χ0) is 26.1. The van der Waals surface area contributed by atoms with Gasteiger partial charge < -0.3 is 19.7 Å². The molecule has 0 radical (unpaired) electrons. The second kappa shape index (κ2) is 10.6. The predicted octanol–water partition coefficient (Wildman–Crippen LogP) is 2.09. The lowest BCUT2D eigenvalue weighted by Gasteiger charge is -2.25. The van der Waals surface area contributed by atoms with E-state index in [1.807, 2.05) is 6.07 Å². The molecule has 11 heteroatoms. The molecule has 5 heterocycles.